The normalized spacial score (nSPS) is 16.4. The fraction of sp³-hybridized carbons (Fsp3) is 0.833. The van der Waals surface area contributed by atoms with E-state index in [1.54, 1.807) is 0 Å². The van der Waals surface area contributed by atoms with Gasteiger partial charge in [-0.25, -0.2) is 0 Å². The molecule has 4 nitrogen and oxygen atoms in total. The Morgan fingerprint density at radius 2 is 1.77 bits per heavy atom. The summed E-state index contributed by atoms with van der Waals surface area (Å²) in [4.78, 5) is 6.94. The van der Waals surface area contributed by atoms with Gasteiger partial charge in [0.05, 0.1) is 0 Å². The summed E-state index contributed by atoms with van der Waals surface area (Å²) in [5, 5.41) is 20.2. The van der Waals surface area contributed by atoms with E-state index < -0.39 is 26.5 Å². The second-order valence-electron chi connectivity index (χ2n) is 11.2. The van der Waals surface area contributed by atoms with Crippen molar-refractivity contribution in [2.45, 2.75) is 86.1 Å². The topological polar surface area (TPSA) is 58.9 Å². The summed E-state index contributed by atoms with van der Waals surface area (Å²) in [7, 11) is -1.03. The predicted molar refractivity (Wildman–Crippen MR) is 135 cm³/mol. The molecule has 0 rings (SSSR count). The zero-order valence-corrected chi connectivity index (χ0v) is 24.9. The van der Waals surface area contributed by atoms with Crippen molar-refractivity contribution in [2.75, 3.05) is 26.6 Å². The van der Waals surface area contributed by atoms with E-state index in [-0.39, 0.29) is 18.6 Å². The standard InChI is InChI=1S/C21H41O4Si.3CH3.Sn/c1-7-20(15-22)14-21(23)13-18(2)9-8-10-19(3)16-25-17-24-11-12-26(4,5)6;;;;/h10,18,20-23H,1,8-9,11-17H2,2-6H3;3*1H3;/b19-10+;;;;/t18-,20-,21-;;;;/m0..../s1. The number of ether oxygens (including phenoxy) is 2. The van der Waals surface area contributed by atoms with E-state index >= 15 is 0 Å². The summed E-state index contributed by atoms with van der Waals surface area (Å²) in [6, 6.07) is 1.17. The van der Waals surface area contributed by atoms with Crippen LogP contribution in [0.25, 0.3) is 0 Å². The summed E-state index contributed by atoms with van der Waals surface area (Å²) < 4.78 is 12.4. The number of rotatable bonds is 17. The van der Waals surface area contributed by atoms with Crippen LogP contribution >= 0.6 is 0 Å². The van der Waals surface area contributed by atoms with Gasteiger partial charge in [-0.3, -0.25) is 0 Å². The van der Waals surface area contributed by atoms with E-state index in [4.69, 9.17) is 9.47 Å². The second-order valence-corrected chi connectivity index (χ2v) is 31.5. The Bertz CT molecular complexity index is 508. The SMILES string of the molecule is C=[C]([C@H](CO)C[C@@H](O)C[C@@H](C)CC/C=C(\C)COCOCC[Si](C)(C)C)[Sn]([CH3])([CH3])[CH3]. The third kappa shape index (κ3) is 16.0. The van der Waals surface area contributed by atoms with Gasteiger partial charge in [-0.15, -0.1) is 0 Å². The van der Waals surface area contributed by atoms with Crippen molar-refractivity contribution in [1.82, 2.24) is 0 Å². The monoisotopic (exact) mass is 550 g/mol. The Balaban J connectivity index is 4.08. The van der Waals surface area contributed by atoms with E-state index in [2.05, 4.69) is 61.0 Å². The van der Waals surface area contributed by atoms with Crippen molar-refractivity contribution in [1.29, 1.82) is 0 Å². The van der Waals surface area contributed by atoms with Crippen LogP contribution in [0.15, 0.2) is 21.8 Å². The van der Waals surface area contributed by atoms with Crippen LogP contribution in [-0.2, 0) is 9.47 Å². The van der Waals surface area contributed by atoms with Gasteiger partial charge in [0.1, 0.15) is 6.79 Å². The number of hydrogen-bond acceptors (Lipinski definition) is 4. The Hall–Kier alpha value is 0.336. The molecule has 0 aliphatic heterocycles. The van der Waals surface area contributed by atoms with Crippen LogP contribution < -0.4 is 0 Å². The molecule has 0 fully saturated rings. The molecule has 0 radical (unpaired) electrons. The molecular weight excluding hydrogens is 499 g/mol. The molecule has 0 saturated carbocycles. The summed E-state index contributed by atoms with van der Waals surface area (Å²) >= 11 is -2.25. The first-order valence-electron chi connectivity index (χ1n) is 11.6. The zero-order chi connectivity index (χ0) is 23.4. The Morgan fingerprint density at radius 3 is 2.30 bits per heavy atom. The molecule has 0 unspecified atom stereocenters. The quantitative estimate of drug-likeness (QED) is 0.103. The third-order valence-electron chi connectivity index (χ3n) is 5.55. The molecule has 0 amide bonds. The molecule has 0 aromatic rings. The zero-order valence-electron chi connectivity index (χ0n) is 21.1. The van der Waals surface area contributed by atoms with Crippen molar-refractivity contribution in [3.8, 4) is 0 Å². The fourth-order valence-corrected chi connectivity index (χ4v) is 8.17. The van der Waals surface area contributed by atoms with Crippen LogP contribution in [-0.4, -0.2) is 69.4 Å². The van der Waals surface area contributed by atoms with Gasteiger partial charge in [-0.1, -0.05) is 19.6 Å². The van der Waals surface area contributed by atoms with Crippen molar-refractivity contribution in [3.05, 3.63) is 21.8 Å². The Morgan fingerprint density at radius 1 is 1.13 bits per heavy atom. The first-order valence-corrected chi connectivity index (χ1v) is 25.2. The maximum atomic E-state index is 10.5. The molecule has 6 heteroatoms. The van der Waals surface area contributed by atoms with E-state index in [1.165, 1.54) is 15.2 Å². The summed E-state index contributed by atoms with van der Waals surface area (Å²) in [5.74, 6) is 0.496. The average Bonchev–Trinajstić information content (AvgIpc) is 2.60. The number of aliphatic hydroxyl groups excluding tert-OH is 2. The molecule has 0 bridgehead atoms. The molecule has 0 saturated heterocycles. The third-order valence-corrected chi connectivity index (χ3v) is 13.9. The molecule has 0 aliphatic rings. The molecule has 0 spiro atoms. The van der Waals surface area contributed by atoms with Crippen LogP contribution in [0.4, 0.5) is 0 Å². The summed E-state index contributed by atoms with van der Waals surface area (Å²) in [5.41, 5.74) is 1.23. The maximum absolute atomic E-state index is 10.5. The number of allylic oxidation sites excluding steroid dienone is 1. The van der Waals surface area contributed by atoms with Crippen LogP contribution in [0.2, 0.25) is 40.5 Å². The van der Waals surface area contributed by atoms with Gasteiger partial charge in [0, 0.05) is 14.7 Å². The van der Waals surface area contributed by atoms with Crippen LogP contribution in [0.3, 0.4) is 0 Å². The van der Waals surface area contributed by atoms with Gasteiger partial charge in [0.15, 0.2) is 0 Å². The molecule has 0 aromatic carbocycles. The minimum absolute atomic E-state index is 0.0512. The number of hydrogen-bond donors (Lipinski definition) is 2. The van der Waals surface area contributed by atoms with Gasteiger partial charge in [0.2, 0.25) is 0 Å². The fourth-order valence-electron chi connectivity index (χ4n) is 3.32. The van der Waals surface area contributed by atoms with E-state index in [9.17, 15) is 10.2 Å². The molecule has 0 heterocycles. The molecule has 178 valence electrons. The van der Waals surface area contributed by atoms with Crippen molar-refractivity contribution in [2.24, 2.45) is 11.8 Å². The van der Waals surface area contributed by atoms with Gasteiger partial charge >= 0.3 is 141 Å². The van der Waals surface area contributed by atoms with Gasteiger partial charge in [-0.2, -0.15) is 0 Å². The van der Waals surface area contributed by atoms with Crippen LogP contribution in [0, 0.1) is 11.8 Å². The van der Waals surface area contributed by atoms with E-state index in [1.807, 2.05) is 0 Å². The summed E-state index contributed by atoms with van der Waals surface area (Å²) in [6.45, 7) is 17.5. The van der Waals surface area contributed by atoms with Crippen molar-refractivity contribution in [3.63, 3.8) is 0 Å². The molecular formula is C24H50O4SiSn. The van der Waals surface area contributed by atoms with Gasteiger partial charge < -0.3 is 4.74 Å². The van der Waals surface area contributed by atoms with Crippen LogP contribution in [0.5, 0.6) is 0 Å². The van der Waals surface area contributed by atoms with Crippen LogP contribution in [0.1, 0.15) is 39.5 Å². The van der Waals surface area contributed by atoms with E-state index in [0.29, 0.717) is 25.7 Å². The number of aliphatic hydroxyl groups is 2. The van der Waals surface area contributed by atoms with Gasteiger partial charge in [0.25, 0.3) is 0 Å². The predicted octanol–water partition coefficient (Wildman–Crippen LogP) is 5.86. The first kappa shape index (κ1) is 30.3. The Labute approximate surface area is 192 Å². The summed E-state index contributed by atoms with van der Waals surface area (Å²) in [6.07, 6.45) is 5.31. The Kier molecular flexibility index (Phi) is 15.4. The van der Waals surface area contributed by atoms with Crippen molar-refractivity contribution < 1.29 is 19.7 Å². The van der Waals surface area contributed by atoms with Crippen molar-refractivity contribution >= 4 is 26.5 Å². The van der Waals surface area contributed by atoms with Gasteiger partial charge in [-0.05, 0) is 6.04 Å². The molecule has 0 aliphatic carbocycles. The first-order chi connectivity index (χ1) is 13.8. The average molecular weight is 549 g/mol. The molecule has 3 atom stereocenters. The molecule has 2 N–H and O–H groups in total. The van der Waals surface area contributed by atoms with E-state index in [0.717, 1.165) is 25.9 Å². The molecule has 0 aromatic heterocycles. The molecule has 30 heavy (non-hydrogen) atoms. The second kappa shape index (κ2) is 15.2. The minimum atomic E-state index is -2.25.